The van der Waals surface area contributed by atoms with Crippen molar-refractivity contribution in [1.82, 2.24) is 10.9 Å². The molecule has 0 rings (SSSR count). The Bertz CT molecular complexity index is 120. The second kappa shape index (κ2) is 3.95. The Morgan fingerprint density at radius 2 is 2.11 bits per heavy atom. The topological polar surface area (TPSA) is 41.1 Å². The summed E-state index contributed by atoms with van der Waals surface area (Å²) >= 11 is 0. The Balaban J connectivity index is 3.28. The van der Waals surface area contributed by atoms with Crippen LogP contribution < -0.4 is 10.9 Å². The fourth-order valence-corrected chi connectivity index (χ4v) is 0.265. The summed E-state index contributed by atoms with van der Waals surface area (Å²) in [5.41, 5.74) is 5.78. The lowest BCUT2D eigenvalue weighted by atomic mass is 10.5. The minimum absolute atomic E-state index is 0.0296. The second-order valence-corrected chi connectivity index (χ2v) is 1.81. The zero-order valence-electron chi connectivity index (χ0n) is 5.82. The highest BCUT2D eigenvalue weighted by atomic mass is 16.2. The molecule has 0 saturated carbocycles. The zero-order chi connectivity index (χ0) is 7.28. The maximum absolute atomic E-state index is 10.5. The summed E-state index contributed by atoms with van der Waals surface area (Å²) in [4.78, 5) is 10.5. The van der Waals surface area contributed by atoms with E-state index >= 15 is 0 Å². The van der Waals surface area contributed by atoms with Crippen molar-refractivity contribution < 1.29 is 4.79 Å². The Hall–Kier alpha value is -0.990. The first kappa shape index (κ1) is 8.01. The Kier molecular flexibility index (Phi) is 3.51. The van der Waals surface area contributed by atoms with E-state index < -0.39 is 0 Å². The van der Waals surface area contributed by atoms with Crippen LogP contribution in [0, 0.1) is 0 Å². The third-order valence-corrected chi connectivity index (χ3v) is 0.736. The van der Waals surface area contributed by atoms with Crippen LogP contribution in [0.3, 0.4) is 0 Å². The van der Waals surface area contributed by atoms with Crippen molar-refractivity contribution in [2.24, 2.45) is 0 Å². The van der Waals surface area contributed by atoms with Gasteiger partial charge in [-0.05, 0) is 6.92 Å². The number of rotatable bonds is 3. The standard InChI is InChI=1S/C6H12N2O/c1-4-6(9)8-7-5(2)3/h7H,2,4H2,1,3H3,(H,8,9). The van der Waals surface area contributed by atoms with Gasteiger partial charge in [-0.1, -0.05) is 13.5 Å². The molecular formula is C6H12N2O. The Labute approximate surface area is 55.1 Å². The van der Waals surface area contributed by atoms with Crippen molar-refractivity contribution >= 4 is 5.91 Å². The van der Waals surface area contributed by atoms with Crippen molar-refractivity contribution in [3.8, 4) is 0 Å². The summed E-state index contributed by atoms with van der Waals surface area (Å²) in [5.74, 6) is -0.0296. The van der Waals surface area contributed by atoms with Gasteiger partial charge in [0.1, 0.15) is 0 Å². The number of amides is 1. The fraction of sp³-hybridized carbons (Fsp3) is 0.500. The summed E-state index contributed by atoms with van der Waals surface area (Å²) < 4.78 is 0. The molecule has 3 heteroatoms. The van der Waals surface area contributed by atoms with Gasteiger partial charge < -0.3 is 5.43 Å². The lowest BCUT2D eigenvalue weighted by Gasteiger charge is -2.04. The number of carbonyl (C=O) groups excluding carboxylic acids is 1. The van der Waals surface area contributed by atoms with Gasteiger partial charge in [-0.25, -0.2) is 0 Å². The maximum Gasteiger partial charge on any atom is 0.238 e. The van der Waals surface area contributed by atoms with E-state index in [2.05, 4.69) is 17.4 Å². The van der Waals surface area contributed by atoms with Crippen LogP contribution in [0.2, 0.25) is 0 Å². The van der Waals surface area contributed by atoms with Crippen molar-refractivity contribution in [1.29, 1.82) is 0 Å². The van der Waals surface area contributed by atoms with Gasteiger partial charge in [-0.3, -0.25) is 10.2 Å². The molecule has 0 aromatic carbocycles. The van der Waals surface area contributed by atoms with Crippen molar-refractivity contribution in [3.63, 3.8) is 0 Å². The zero-order valence-corrected chi connectivity index (χ0v) is 5.82. The van der Waals surface area contributed by atoms with Crippen molar-refractivity contribution in [2.75, 3.05) is 0 Å². The van der Waals surface area contributed by atoms with Crippen LogP contribution >= 0.6 is 0 Å². The quantitative estimate of drug-likeness (QED) is 0.545. The molecule has 9 heavy (non-hydrogen) atoms. The number of allylic oxidation sites excluding steroid dienone is 1. The average Bonchev–Trinajstić information content (AvgIpc) is 1.83. The van der Waals surface area contributed by atoms with E-state index in [1.807, 2.05) is 0 Å². The lowest BCUT2D eigenvalue weighted by molar-refractivity contribution is -0.121. The van der Waals surface area contributed by atoms with E-state index in [1.165, 1.54) is 0 Å². The van der Waals surface area contributed by atoms with E-state index in [9.17, 15) is 4.79 Å². The van der Waals surface area contributed by atoms with Gasteiger partial charge in [0, 0.05) is 12.1 Å². The SMILES string of the molecule is C=C(C)NNC(=O)CC. The molecule has 0 bridgehead atoms. The Morgan fingerprint density at radius 3 is 2.44 bits per heavy atom. The molecule has 3 nitrogen and oxygen atoms in total. The van der Waals surface area contributed by atoms with E-state index in [1.54, 1.807) is 13.8 Å². The normalized spacial score (nSPS) is 8.22. The van der Waals surface area contributed by atoms with Crippen LogP contribution in [0.4, 0.5) is 0 Å². The first-order chi connectivity index (χ1) is 4.16. The highest BCUT2D eigenvalue weighted by molar-refractivity contribution is 5.75. The molecule has 0 aliphatic rings. The van der Waals surface area contributed by atoms with Gasteiger partial charge >= 0.3 is 0 Å². The molecule has 0 heterocycles. The molecule has 0 saturated heterocycles. The molecule has 0 aliphatic heterocycles. The summed E-state index contributed by atoms with van der Waals surface area (Å²) in [7, 11) is 0. The molecule has 1 amide bonds. The largest absolute Gasteiger partial charge is 0.304 e. The summed E-state index contributed by atoms with van der Waals surface area (Å²) in [6.45, 7) is 7.10. The molecule has 52 valence electrons. The van der Waals surface area contributed by atoms with Gasteiger partial charge in [-0.15, -0.1) is 0 Å². The van der Waals surface area contributed by atoms with Crippen LogP contribution in [0.1, 0.15) is 20.3 Å². The molecule has 2 N–H and O–H groups in total. The third-order valence-electron chi connectivity index (χ3n) is 0.736. The number of hydrogen-bond acceptors (Lipinski definition) is 2. The van der Waals surface area contributed by atoms with E-state index in [-0.39, 0.29) is 5.91 Å². The second-order valence-electron chi connectivity index (χ2n) is 1.81. The average molecular weight is 128 g/mol. The first-order valence-electron chi connectivity index (χ1n) is 2.87. The highest BCUT2D eigenvalue weighted by Gasteiger charge is 1.91. The fourth-order valence-electron chi connectivity index (χ4n) is 0.265. The van der Waals surface area contributed by atoms with E-state index in [4.69, 9.17) is 0 Å². The summed E-state index contributed by atoms with van der Waals surface area (Å²) in [6, 6.07) is 0. The minimum atomic E-state index is -0.0296. The maximum atomic E-state index is 10.5. The van der Waals surface area contributed by atoms with Crippen LogP contribution in [-0.4, -0.2) is 5.91 Å². The molecule has 0 radical (unpaired) electrons. The molecule has 0 aromatic rings. The van der Waals surface area contributed by atoms with Crippen LogP contribution in [0.15, 0.2) is 12.3 Å². The molecule has 0 fully saturated rings. The van der Waals surface area contributed by atoms with Gasteiger partial charge in [-0.2, -0.15) is 0 Å². The number of carbonyl (C=O) groups is 1. The first-order valence-corrected chi connectivity index (χ1v) is 2.87. The van der Waals surface area contributed by atoms with E-state index in [0.717, 1.165) is 5.70 Å². The predicted octanol–water partition coefficient (Wildman–Crippen LogP) is 0.551. The Morgan fingerprint density at radius 1 is 1.56 bits per heavy atom. The summed E-state index contributed by atoms with van der Waals surface area (Å²) in [5, 5.41) is 0. The number of nitrogens with one attached hydrogen (secondary N) is 2. The monoisotopic (exact) mass is 128 g/mol. The van der Waals surface area contributed by atoms with Gasteiger partial charge in [0.05, 0.1) is 0 Å². The lowest BCUT2D eigenvalue weighted by Crippen LogP contribution is -2.34. The van der Waals surface area contributed by atoms with Crippen molar-refractivity contribution in [3.05, 3.63) is 12.3 Å². The van der Waals surface area contributed by atoms with Gasteiger partial charge in [0.25, 0.3) is 0 Å². The smallest absolute Gasteiger partial charge is 0.238 e. The molecule has 0 aliphatic carbocycles. The van der Waals surface area contributed by atoms with Crippen LogP contribution in [0.5, 0.6) is 0 Å². The minimum Gasteiger partial charge on any atom is -0.304 e. The molecule has 0 aromatic heterocycles. The molecule has 0 spiro atoms. The predicted molar refractivity (Wildman–Crippen MR) is 36.4 cm³/mol. The summed E-state index contributed by atoms with van der Waals surface area (Å²) in [6.07, 6.45) is 0.486. The molecule has 0 atom stereocenters. The number of hydrogen-bond donors (Lipinski definition) is 2. The van der Waals surface area contributed by atoms with Crippen LogP contribution in [-0.2, 0) is 4.79 Å². The van der Waals surface area contributed by atoms with Gasteiger partial charge in [0.15, 0.2) is 0 Å². The molecule has 0 unspecified atom stereocenters. The third kappa shape index (κ3) is 4.87. The van der Waals surface area contributed by atoms with E-state index in [0.29, 0.717) is 6.42 Å². The van der Waals surface area contributed by atoms with Crippen molar-refractivity contribution in [2.45, 2.75) is 20.3 Å². The van der Waals surface area contributed by atoms with Crippen LogP contribution in [0.25, 0.3) is 0 Å². The van der Waals surface area contributed by atoms with Gasteiger partial charge in [0.2, 0.25) is 5.91 Å². The number of hydrazine groups is 1. The molecular weight excluding hydrogens is 116 g/mol. The highest BCUT2D eigenvalue weighted by Crippen LogP contribution is 1.75.